The van der Waals surface area contributed by atoms with E-state index in [-0.39, 0.29) is 0 Å². The zero-order valence-electron chi connectivity index (χ0n) is 6.36. The number of hydrogen-bond acceptors (Lipinski definition) is 1. The molecule has 0 unspecified atom stereocenters. The van der Waals surface area contributed by atoms with Gasteiger partial charge in [0.1, 0.15) is 6.17 Å². The first kappa shape index (κ1) is 7.73. The fourth-order valence-corrected chi connectivity index (χ4v) is 1.03. The van der Waals surface area contributed by atoms with Crippen molar-refractivity contribution in [3.8, 4) is 0 Å². The summed E-state index contributed by atoms with van der Waals surface area (Å²) in [5.41, 5.74) is 1.11. The van der Waals surface area contributed by atoms with Crippen LogP contribution in [0.25, 0.3) is 0 Å². The summed E-state index contributed by atoms with van der Waals surface area (Å²) in [7, 11) is 0. The largest absolute Gasteiger partial charge is 0.310 e. The average Bonchev–Trinajstić information content (AvgIpc) is 1.77. The third kappa shape index (κ3) is 2.10. The zero-order valence-corrected chi connectivity index (χ0v) is 6.36. The molecule has 2 heteroatoms. The van der Waals surface area contributed by atoms with Crippen molar-refractivity contribution in [2.75, 3.05) is 6.54 Å². The Morgan fingerprint density at radius 3 is 2.70 bits per heavy atom. The maximum atomic E-state index is 12.2. The zero-order chi connectivity index (χ0) is 7.56. The summed E-state index contributed by atoms with van der Waals surface area (Å²) in [5.74, 6) is 0. The number of alkyl halides is 1. The Balaban J connectivity index is 2.00. The van der Waals surface area contributed by atoms with Gasteiger partial charge in [0.2, 0.25) is 0 Å². The lowest BCUT2D eigenvalue weighted by Crippen LogP contribution is -2.42. The molecule has 0 saturated heterocycles. The van der Waals surface area contributed by atoms with Gasteiger partial charge < -0.3 is 5.32 Å². The predicted molar refractivity (Wildman–Crippen MR) is 40.7 cm³/mol. The van der Waals surface area contributed by atoms with Crippen LogP contribution < -0.4 is 5.32 Å². The highest BCUT2D eigenvalue weighted by atomic mass is 19.1. The summed E-state index contributed by atoms with van der Waals surface area (Å²) < 4.78 is 12.2. The smallest absolute Gasteiger partial charge is 0.103 e. The van der Waals surface area contributed by atoms with Crippen molar-refractivity contribution in [3.63, 3.8) is 0 Å². The van der Waals surface area contributed by atoms with Gasteiger partial charge in [-0.05, 0) is 19.8 Å². The quantitative estimate of drug-likeness (QED) is 0.592. The molecule has 1 aliphatic carbocycles. The predicted octanol–water partition coefficient (Wildman–Crippen LogP) is 1.65. The average molecular weight is 143 g/mol. The molecule has 0 amide bonds. The van der Waals surface area contributed by atoms with Gasteiger partial charge in [-0.3, -0.25) is 0 Å². The van der Waals surface area contributed by atoms with Crippen LogP contribution in [0.4, 0.5) is 4.39 Å². The first-order valence-corrected chi connectivity index (χ1v) is 3.70. The summed E-state index contributed by atoms with van der Waals surface area (Å²) >= 11 is 0. The van der Waals surface area contributed by atoms with E-state index in [9.17, 15) is 4.39 Å². The number of nitrogens with one attached hydrogen (secondary N) is 1. The third-order valence-corrected chi connectivity index (χ3v) is 1.77. The van der Waals surface area contributed by atoms with Gasteiger partial charge in [0, 0.05) is 12.6 Å². The van der Waals surface area contributed by atoms with Gasteiger partial charge in [-0.1, -0.05) is 12.2 Å². The van der Waals surface area contributed by atoms with Crippen molar-refractivity contribution in [3.05, 3.63) is 12.2 Å². The minimum Gasteiger partial charge on any atom is -0.310 e. The summed E-state index contributed by atoms with van der Waals surface area (Å²) in [6, 6.07) is 0.409. The lowest BCUT2D eigenvalue weighted by molar-refractivity contribution is 0.158. The molecule has 1 fully saturated rings. The van der Waals surface area contributed by atoms with Crippen LogP contribution in [-0.4, -0.2) is 18.8 Å². The van der Waals surface area contributed by atoms with Crippen LogP contribution >= 0.6 is 0 Å². The SMILES string of the molecule is C=C(C)CNC1CC(F)C1. The van der Waals surface area contributed by atoms with E-state index in [4.69, 9.17) is 0 Å². The monoisotopic (exact) mass is 143 g/mol. The first-order valence-electron chi connectivity index (χ1n) is 3.70. The molecule has 0 heterocycles. The molecule has 0 aliphatic heterocycles. The van der Waals surface area contributed by atoms with E-state index in [1.807, 2.05) is 6.92 Å². The molecule has 1 N–H and O–H groups in total. The Bertz CT molecular complexity index is 127. The maximum Gasteiger partial charge on any atom is 0.103 e. The standard InChI is InChI=1S/C8H14FN/c1-6(2)5-10-8-3-7(9)4-8/h7-8,10H,1,3-5H2,2H3. The number of rotatable bonds is 3. The van der Waals surface area contributed by atoms with Crippen LogP contribution in [0, 0.1) is 0 Å². The normalized spacial score (nSPS) is 31.4. The van der Waals surface area contributed by atoms with E-state index in [2.05, 4.69) is 11.9 Å². The molecule has 1 rings (SSSR count). The minimum absolute atomic E-state index is 0.409. The Labute approximate surface area is 61.3 Å². The number of hydrogen-bond donors (Lipinski definition) is 1. The Morgan fingerprint density at radius 1 is 1.70 bits per heavy atom. The van der Waals surface area contributed by atoms with Crippen molar-refractivity contribution in [2.24, 2.45) is 0 Å². The molecule has 0 radical (unpaired) electrons. The molecule has 58 valence electrons. The summed E-state index contributed by atoms with van der Waals surface area (Å²) in [5, 5.41) is 3.21. The molecule has 1 aliphatic rings. The number of halogens is 1. The van der Waals surface area contributed by atoms with Gasteiger partial charge in [0.25, 0.3) is 0 Å². The highest BCUT2D eigenvalue weighted by molar-refractivity contribution is 4.94. The van der Waals surface area contributed by atoms with Gasteiger partial charge in [-0.15, -0.1) is 0 Å². The van der Waals surface area contributed by atoms with Crippen LogP contribution in [0.15, 0.2) is 12.2 Å². The van der Waals surface area contributed by atoms with E-state index in [0.29, 0.717) is 18.9 Å². The van der Waals surface area contributed by atoms with Crippen molar-refractivity contribution in [1.29, 1.82) is 0 Å². The molecule has 0 aromatic rings. The van der Waals surface area contributed by atoms with Crippen LogP contribution in [0.3, 0.4) is 0 Å². The molecule has 10 heavy (non-hydrogen) atoms. The Kier molecular flexibility index (Phi) is 2.44. The molecule has 0 atom stereocenters. The van der Waals surface area contributed by atoms with E-state index in [1.54, 1.807) is 0 Å². The first-order chi connectivity index (χ1) is 4.68. The van der Waals surface area contributed by atoms with Crippen LogP contribution in [-0.2, 0) is 0 Å². The van der Waals surface area contributed by atoms with Crippen molar-refractivity contribution in [2.45, 2.75) is 32.0 Å². The van der Waals surface area contributed by atoms with E-state index < -0.39 is 6.17 Å². The summed E-state index contributed by atoms with van der Waals surface area (Å²) in [4.78, 5) is 0. The summed E-state index contributed by atoms with van der Waals surface area (Å²) in [6.45, 7) is 6.55. The minimum atomic E-state index is -0.553. The van der Waals surface area contributed by atoms with Crippen molar-refractivity contribution >= 4 is 0 Å². The molecule has 0 aromatic heterocycles. The molecule has 0 bridgehead atoms. The second kappa shape index (κ2) is 3.15. The summed E-state index contributed by atoms with van der Waals surface area (Å²) in [6.07, 6.45) is 0.822. The maximum absolute atomic E-state index is 12.2. The van der Waals surface area contributed by atoms with Crippen LogP contribution in [0.5, 0.6) is 0 Å². The lowest BCUT2D eigenvalue weighted by atomic mass is 9.91. The molecule has 0 aromatic carbocycles. The molecule has 1 nitrogen and oxygen atoms in total. The second-order valence-corrected chi connectivity index (χ2v) is 3.10. The van der Waals surface area contributed by atoms with E-state index >= 15 is 0 Å². The van der Waals surface area contributed by atoms with Crippen molar-refractivity contribution in [1.82, 2.24) is 5.32 Å². The molecular weight excluding hydrogens is 129 g/mol. The lowest BCUT2D eigenvalue weighted by Gasteiger charge is -2.30. The van der Waals surface area contributed by atoms with Gasteiger partial charge in [0.05, 0.1) is 0 Å². The Morgan fingerprint density at radius 2 is 2.30 bits per heavy atom. The molecule has 1 saturated carbocycles. The Hall–Kier alpha value is -0.370. The fourth-order valence-electron chi connectivity index (χ4n) is 1.03. The van der Waals surface area contributed by atoms with Crippen molar-refractivity contribution < 1.29 is 4.39 Å². The molecule has 0 spiro atoms. The third-order valence-electron chi connectivity index (χ3n) is 1.77. The van der Waals surface area contributed by atoms with Gasteiger partial charge in [0.15, 0.2) is 0 Å². The van der Waals surface area contributed by atoms with Crippen LogP contribution in [0.1, 0.15) is 19.8 Å². The highest BCUT2D eigenvalue weighted by Gasteiger charge is 2.27. The highest BCUT2D eigenvalue weighted by Crippen LogP contribution is 2.22. The van der Waals surface area contributed by atoms with Gasteiger partial charge in [-0.2, -0.15) is 0 Å². The topological polar surface area (TPSA) is 12.0 Å². The van der Waals surface area contributed by atoms with E-state index in [1.165, 1.54) is 0 Å². The van der Waals surface area contributed by atoms with Gasteiger partial charge >= 0.3 is 0 Å². The second-order valence-electron chi connectivity index (χ2n) is 3.10. The fraction of sp³-hybridized carbons (Fsp3) is 0.750. The molecular formula is C8H14FN. The van der Waals surface area contributed by atoms with Gasteiger partial charge in [-0.25, -0.2) is 4.39 Å². The van der Waals surface area contributed by atoms with Crippen LogP contribution in [0.2, 0.25) is 0 Å². The van der Waals surface area contributed by atoms with E-state index in [0.717, 1.165) is 12.1 Å².